The zero-order valence-electron chi connectivity index (χ0n) is 7.93. The fraction of sp³-hybridized carbons (Fsp3) is 0.625. The molecule has 0 aliphatic rings. The van der Waals surface area contributed by atoms with Crippen LogP contribution in [0.4, 0.5) is 0 Å². The van der Waals surface area contributed by atoms with E-state index in [0.717, 1.165) is 6.26 Å². The van der Waals surface area contributed by atoms with Crippen LogP contribution in [0.5, 0.6) is 0 Å². The molecule has 0 spiro atoms. The number of nitrogens with zero attached hydrogens (tertiary/aromatic N) is 1. The first-order valence-corrected chi connectivity index (χ1v) is 5.79. The van der Waals surface area contributed by atoms with Crippen LogP contribution in [0.3, 0.4) is 0 Å². The van der Waals surface area contributed by atoms with E-state index in [1.54, 1.807) is 6.92 Å². The largest absolute Gasteiger partial charge is 0.303 e. The number of carbonyl (C=O) groups excluding carboxylic acids is 1. The minimum absolute atomic E-state index is 0.209. The molecule has 1 atom stereocenters. The number of carbonyl (C=O) groups is 1. The van der Waals surface area contributed by atoms with Crippen molar-refractivity contribution in [2.75, 3.05) is 12.8 Å². The first-order valence-electron chi connectivity index (χ1n) is 3.94. The van der Waals surface area contributed by atoms with E-state index in [4.69, 9.17) is 0 Å². The number of aldehydes is 1. The van der Waals surface area contributed by atoms with E-state index >= 15 is 0 Å². The number of sulfonamides is 1. The van der Waals surface area contributed by atoms with Crippen LogP contribution in [-0.2, 0) is 14.8 Å². The van der Waals surface area contributed by atoms with Gasteiger partial charge in [-0.3, -0.25) is 0 Å². The third kappa shape index (κ3) is 4.19. The smallest absolute Gasteiger partial charge is 0.211 e. The highest BCUT2D eigenvalue weighted by Crippen LogP contribution is 2.07. The molecule has 0 radical (unpaired) electrons. The lowest BCUT2D eigenvalue weighted by atomic mass is 10.2. The van der Waals surface area contributed by atoms with Crippen LogP contribution in [0, 0.1) is 0 Å². The van der Waals surface area contributed by atoms with Crippen LogP contribution < -0.4 is 0 Å². The molecular formula is C8H15NO3S. The summed E-state index contributed by atoms with van der Waals surface area (Å²) in [5.74, 6) is 0. The second-order valence-electron chi connectivity index (χ2n) is 2.87. The Kier molecular flexibility index (Phi) is 4.87. The lowest BCUT2D eigenvalue weighted by Crippen LogP contribution is -2.38. The highest BCUT2D eigenvalue weighted by atomic mass is 32.2. The van der Waals surface area contributed by atoms with Crippen LogP contribution >= 0.6 is 0 Å². The normalized spacial score (nSPS) is 14.1. The van der Waals surface area contributed by atoms with Gasteiger partial charge < -0.3 is 4.79 Å². The molecule has 1 unspecified atom stereocenters. The summed E-state index contributed by atoms with van der Waals surface area (Å²) in [5.41, 5.74) is 0. The summed E-state index contributed by atoms with van der Waals surface area (Å²) in [6, 6.07) is -0.300. The van der Waals surface area contributed by atoms with Crippen LogP contribution in [0.15, 0.2) is 12.7 Å². The highest BCUT2D eigenvalue weighted by Gasteiger charge is 2.20. The van der Waals surface area contributed by atoms with Crippen LogP contribution in [0.1, 0.15) is 13.3 Å². The number of rotatable bonds is 6. The van der Waals surface area contributed by atoms with Crippen molar-refractivity contribution in [3.63, 3.8) is 0 Å². The minimum Gasteiger partial charge on any atom is -0.303 e. The van der Waals surface area contributed by atoms with Gasteiger partial charge in [-0.1, -0.05) is 6.08 Å². The van der Waals surface area contributed by atoms with Gasteiger partial charge in [-0.25, -0.2) is 8.42 Å². The van der Waals surface area contributed by atoms with Gasteiger partial charge >= 0.3 is 0 Å². The molecular weight excluding hydrogens is 190 g/mol. The fourth-order valence-electron chi connectivity index (χ4n) is 1.03. The van der Waals surface area contributed by atoms with Crippen molar-refractivity contribution >= 4 is 16.3 Å². The van der Waals surface area contributed by atoms with Crippen molar-refractivity contribution < 1.29 is 13.2 Å². The van der Waals surface area contributed by atoms with E-state index in [-0.39, 0.29) is 19.0 Å². The Morgan fingerprint density at radius 1 is 1.54 bits per heavy atom. The van der Waals surface area contributed by atoms with Gasteiger partial charge in [0.15, 0.2) is 0 Å². The zero-order valence-corrected chi connectivity index (χ0v) is 8.75. The monoisotopic (exact) mass is 205 g/mol. The Labute approximate surface area is 79.3 Å². The van der Waals surface area contributed by atoms with Gasteiger partial charge in [-0.2, -0.15) is 4.31 Å². The average molecular weight is 205 g/mol. The van der Waals surface area contributed by atoms with Crippen LogP contribution in [0.25, 0.3) is 0 Å². The summed E-state index contributed by atoms with van der Waals surface area (Å²) in [6.07, 6.45) is 3.55. The Bertz CT molecular complexity index is 271. The Hall–Kier alpha value is -0.680. The van der Waals surface area contributed by atoms with Gasteiger partial charge in [0, 0.05) is 19.0 Å². The molecule has 0 heterocycles. The van der Waals surface area contributed by atoms with E-state index in [1.165, 1.54) is 10.4 Å². The molecule has 0 rings (SSSR count). The topological polar surface area (TPSA) is 54.5 Å². The van der Waals surface area contributed by atoms with Gasteiger partial charge in [-0.15, -0.1) is 6.58 Å². The van der Waals surface area contributed by atoms with Crippen molar-refractivity contribution in [1.82, 2.24) is 4.31 Å². The summed E-state index contributed by atoms with van der Waals surface area (Å²) in [5, 5.41) is 0. The highest BCUT2D eigenvalue weighted by molar-refractivity contribution is 7.88. The van der Waals surface area contributed by atoms with Crippen molar-refractivity contribution in [2.24, 2.45) is 0 Å². The van der Waals surface area contributed by atoms with E-state index in [9.17, 15) is 13.2 Å². The molecule has 0 aromatic heterocycles. The molecule has 0 aromatic carbocycles. The van der Waals surface area contributed by atoms with Crippen molar-refractivity contribution in [3.8, 4) is 0 Å². The van der Waals surface area contributed by atoms with E-state index in [1.807, 2.05) is 0 Å². The summed E-state index contributed by atoms with van der Waals surface area (Å²) < 4.78 is 23.6. The Balaban J connectivity index is 4.59. The second-order valence-corrected chi connectivity index (χ2v) is 4.81. The predicted molar refractivity (Wildman–Crippen MR) is 51.9 cm³/mol. The lowest BCUT2D eigenvalue weighted by molar-refractivity contribution is -0.108. The van der Waals surface area contributed by atoms with Crippen LogP contribution in [-0.4, -0.2) is 37.9 Å². The molecule has 0 saturated heterocycles. The van der Waals surface area contributed by atoms with Gasteiger partial charge in [0.2, 0.25) is 10.0 Å². The molecule has 0 aliphatic carbocycles. The third-order valence-corrected chi connectivity index (χ3v) is 3.02. The molecule has 76 valence electrons. The van der Waals surface area contributed by atoms with E-state index < -0.39 is 10.0 Å². The van der Waals surface area contributed by atoms with Gasteiger partial charge in [0.05, 0.1) is 6.26 Å². The Morgan fingerprint density at radius 2 is 2.08 bits per heavy atom. The number of hydrogen-bond donors (Lipinski definition) is 0. The SMILES string of the molecule is C=CCN(C(C)CC=O)S(C)(=O)=O. The molecule has 0 saturated carbocycles. The molecule has 5 heteroatoms. The summed E-state index contributed by atoms with van der Waals surface area (Å²) >= 11 is 0. The van der Waals surface area contributed by atoms with Gasteiger partial charge in [-0.05, 0) is 6.92 Å². The summed E-state index contributed by atoms with van der Waals surface area (Å²) in [6.45, 7) is 5.40. The first kappa shape index (κ1) is 12.3. The van der Waals surface area contributed by atoms with Crippen LogP contribution in [0.2, 0.25) is 0 Å². The second kappa shape index (κ2) is 5.14. The number of hydrogen-bond acceptors (Lipinski definition) is 3. The minimum atomic E-state index is -3.25. The quantitative estimate of drug-likeness (QED) is 0.466. The molecule has 0 aliphatic heterocycles. The maximum absolute atomic E-state index is 11.2. The molecule has 13 heavy (non-hydrogen) atoms. The van der Waals surface area contributed by atoms with E-state index in [0.29, 0.717) is 6.29 Å². The maximum atomic E-state index is 11.2. The average Bonchev–Trinajstić information content (AvgIpc) is 1.98. The molecule has 4 nitrogen and oxygen atoms in total. The zero-order chi connectivity index (χ0) is 10.5. The third-order valence-electron chi connectivity index (χ3n) is 1.66. The maximum Gasteiger partial charge on any atom is 0.211 e. The molecule has 0 bridgehead atoms. The standard InChI is InChI=1S/C8H15NO3S/c1-4-6-9(13(3,11)12)8(2)5-7-10/h4,7-8H,1,5-6H2,2-3H3. The van der Waals surface area contributed by atoms with Crippen molar-refractivity contribution in [3.05, 3.63) is 12.7 Å². The Morgan fingerprint density at radius 3 is 2.38 bits per heavy atom. The summed E-state index contributed by atoms with van der Waals surface area (Å²) in [7, 11) is -3.25. The van der Waals surface area contributed by atoms with Gasteiger partial charge in [0.25, 0.3) is 0 Å². The molecule has 0 N–H and O–H groups in total. The summed E-state index contributed by atoms with van der Waals surface area (Å²) in [4.78, 5) is 10.2. The van der Waals surface area contributed by atoms with Crippen molar-refractivity contribution in [1.29, 1.82) is 0 Å². The molecule has 0 fully saturated rings. The van der Waals surface area contributed by atoms with Crippen molar-refractivity contribution in [2.45, 2.75) is 19.4 Å². The van der Waals surface area contributed by atoms with E-state index in [2.05, 4.69) is 6.58 Å². The fourth-order valence-corrected chi connectivity index (χ4v) is 2.14. The molecule has 0 aromatic rings. The molecule has 0 amide bonds. The predicted octanol–water partition coefficient (Wildman–Crippen LogP) is 0.411. The first-order chi connectivity index (χ1) is 5.93. The van der Waals surface area contributed by atoms with Gasteiger partial charge in [0.1, 0.15) is 6.29 Å². The lowest BCUT2D eigenvalue weighted by Gasteiger charge is -2.23.